The summed E-state index contributed by atoms with van der Waals surface area (Å²) in [5.74, 6) is 0.0954. The van der Waals surface area contributed by atoms with E-state index in [2.05, 4.69) is 19.9 Å². The average molecular weight is 253 g/mol. The Bertz CT molecular complexity index is 746. The molecule has 3 aromatic heterocycles. The summed E-state index contributed by atoms with van der Waals surface area (Å²) in [7, 11) is 0. The summed E-state index contributed by atoms with van der Waals surface area (Å²) in [6.07, 6.45) is -3.26. The maximum atomic E-state index is 12.6. The van der Waals surface area contributed by atoms with Crippen molar-refractivity contribution in [1.82, 2.24) is 19.9 Å². The standard InChI is InChI=1S/C10H6F3N5/c11-10(12,13)5-2-1-4-7(18-5)6-8(14)15-3-16-9(6)17-4/h1-3H,(H3,14,15,16,17). The van der Waals surface area contributed by atoms with Crippen molar-refractivity contribution in [3.05, 3.63) is 24.2 Å². The van der Waals surface area contributed by atoms with Crippen LogP contribution < -0.4 is 5.73 Å². The van der Waals surface area contributed by atoms with Gasteiger partial charge in [-0.1, -0.05) is 0 Å². The van der Waals surface area contributed by atoms with Crippen LogP contribution in [0.1, 0.15) is 5.69 Å². The predicted octanol–water partition coefficient (Wildman–Crippen LogP) is 2.11. The van der Waals surface area contributed by atoms with Crippen LogP contribution in [0.3, 0.4) is 0 Å². The summed E-state index contributed by atoms with van der Waals surface area (Å²) < 4.78 is 37.8. The number of alkyl halides is 3. The van der Waals surface area contributed by atoms with Crippen molar-refractivity contribution in [2.24, 2.45) is 0 Å². The fourth-order valence-electron chi connectivity index (χ4n) is 1.76. The van der Waals surface area contributed by atoms with Gasteiger partial charge in [0.25, 0.3) is 0 Å². The third kappa shape index (κ3) is 1.45. The molecule has 0 saturated carbocycles. The lowest BCUT2D eigenvalue weighted by atomic mass is 10.2. The van der Waals surface area contributed by atoms with Gasteiger partial charge in [-0.25, -0.2) is 15.0 Å². The Hall–Kier alpha value is -2.38. The highest BCUT2D eigenvalue weighted by Gasteiger charge is 2.32. The Morgan fingerprint density at radius 3 is 2.67 bits per heavy atom. The van der Waals surface area contributed by atoms with Crippen LogP contribution in [0.25, 0.3) is 22.1 Å². The van der Waals surface area contributed by atoms with Gasteiger partial charge in [0.2, 0.25) is 0 Å². The van der Waals surface area contributed by atoms with Gasteiger partial charge >= 0.3 is 6.18 Å². The molecule has 3 rings (SSSR count). The van der Waals surface area contributed by atoms with Crippen molar-refractivity contribution < 1.29 is 13.2 Å². The molecule has 0 unspecified atom stereocenters. The number of anilines is 1. The molecule has 18 heavy (non-hydrogen) atoms. The van der Waals surface area contributed by atoms with Crippen LogP contribution in [-0.2, 0) is 6.18 Å². The minimum absolute atomic E-state index is 0.0954. The van der Waals surface area contributed by atoms with E-state index in [1.165, 1.54) is 12.4 Å². The molecule has 0 saturated heterocycles. The number of H-pyrrole nitrogens is 1. The SMILES string of the molecule is Nc1ncnc2[nH]c3ccc(C(F)(F)F)nc3c12. The molecule has 0 aliphatic carbocycles. The van der Waals surface area contributed by atoms with Crippen LogP contribution in [-0.4, -0.2) is 19.9 Å². The lowest BCUT2D eigenvalue weighted by Gasteiger charge is -2.04. The molecule has 0 aliphatic heterocycles. The molecule has 0 fully saturated rings. The maximum absolute atomic E-state index is 12.6. The van der Waals surface area contributed by atoms with E-state index in [1.54, 1.807) is 0 Å². The van der Waals surface area contributed by atoms with Crippen LogP contribution >= 0.6 is 0 Å². The van der Waals surface area contributed by atoms with E-state index in [0.717, 1.165) is 6.07 Å². The average Bonchev–Trinajstić information content (AvgIpc) is 2.66. The molecule has 0 atom stereocenters. The second kappa shape index (κ2) is 3.31. The fraction of sp³-hybridized carbons (Fsp3) is 0.100. The highest BCUT2D eigenvalue weighted by Crippen LogP contribution is 2.31. The number of hydrogen-bond donors (Lipinski definition) is 2. The molecule has 0 amide bonds. The molecule has 3 N–H and O–H groups in total. The second-order valence-corrected chi connectivity index (χ2v) is 3.70. The molecule has 92 valence electrons. The Kier molecular flexibility index (Phi) is 1.98. The van der Waals surface area contributed by atoms with Crippen LogP contribution in [0.15, 0.2) is 18.5 Å². The van der Waals surface area contributed by atoms with Gasteiger partial charge in [0.15, 0.2) is 0 Å². The predicted molar refractivity (Wildman–Crippen MR) is 58.6 cm³/mol. The number of hydrogen-bond acceptors (Lipinski definition) is 4. The highest BCUT2D eigenvalue weighted by atomic mass is 19.4. The number of fused-ring (bicyclic) bond motifs is 3. The summed E-state index contributed by atoms with van der Waals surface area (Å²) in [6, 6.07) is 2.20. The van der Waals surface area contributed by atoms with E-state index < -0.39 is 11.9 Å². The summed E-state index contributed by atoms with van der Waals surface area (Å²) in [5, 5.41) is 0.304. The number of nitrogens with zero attached hydrogens (tertiary/aromatic N) is 3. The van der Waals surface area contributed by atoms with E-state index in [4.69, 9.17) is 5.73 Å². The topological polar surface area (TPSA) is 80.5 Å². The Morgan fingerprint density at radius 2 is 1.94 bits per heavy atom. The normalized spacial score (nSPS) is 12.4. The third-order valence-corrected chi connectivity index (χ3v) is 2.55. The van der Waals surface area contributed by atoms with E-state index in [-0.39, 0.29) is 11.3 Å². The van der Waals surface area contributed by atoms with E-state index in [0.29, 0.717) is 16.6 Å². The summed E-state index contributed by atoms with van der Waals surface area (Å²) in [6.45, 7) is 0. The summed E-state index contributed by atoms with van der Waals surface area (Å²) in [5.41, 5.74) is 5.58. The van der Waals surface area contributed by atoms with Gasteiger partial charge in [-0.2, -0.15) is 13.2 Å². The van der Waals surface area contributed by atoms with Crippen molar-refractivity contribution in [2.45, 2.75) is 6.18 Å². The minimum atomic E-state index is -4.50. The van der Waals surface area contributed by atoms with Crippen molar-refractivity contribution in [2.75, 3.05) is 5.73 Å². The smallest absolute Gasteiger partial charge is 0.383 e. The van der Waals surface area contributed by atoms with Crippen LogP contribution in [0.4, 0.5) is 19.0 Å². The number of aromatic amines is 1. The molecule has 3 heterocycles. The first-order chi connectivity index (χ1) is 8.47. The van der Waals surface area contributed by atoms with Gasteiger partial charge in [0.05, 0.1) is 10.9 Å². The largest absolute Gasteiger partial charge is 0.433 e. The maximum Gasteiger partial charge on any atom is 0.433 e. The Morgan fingerprint density at radius 1 is 1.17 bits per heavy atom. The molecule has 0 bridgehead atoms. The molecular weight excluding hydrogens is 247 g/mol. The van der Waals surface area contributed by atoms with Crippen molar-refractivity contribution in [1.29, 1.82) is 0 Å². The molecular formula is C10H6F3N5. The zero-order chi connectivity index (χ0) is 12.9. The van der Waals surface area contributed by atoms with Crippen LogP contribution in [0.2, 0.25) is 0 Å². The van der Waals surface area contributed by atoms with Crippen molar-refractivity contribution >= 4 is 27.9 Å². The first-order valence-corrected chi connectivity index (χ1v) is 4.93. The van der Waals surface area contributed by atoms with Gasteiger partial charge in [0.1, 0.15) is 29.0 Å². The molecule has 0 aliphatic rings. The number of nitrogens with one attached hydrogen (secondary N) is 1. The molecule has 5 nitrogen and oxygen atoms in total. The first-order valence-electron chi connectivity index (χ1n) is 4.93. The third-order valence-electron chi connectivity index (χ3n) is 2.55. The Balaban J connectivity index is 2.42. The van der Waals surface area contributed by atoms with Crippen molar-refractivity contribution in [3.63, 3.8) is 0 Å². The molecule has 0 radical (unpaired) electrons. The molecule has 0 aromatic carbocycles. The quantitative estimate of drug-likeness (QED) is 0.643. The number of rotatable bonds is 0. The van der Waals surface area contributed by atoms with Gasteiger partial charge in [0, 0.05) is 0 Å². The number of pyridine rings is 1. The van der Waals surface area contributed by atoms with Crippen LogP contribution in [0.5, 0.6) is 0 Å². The monoisotopic (exact) mass is 253 g/mol. The Labute approximate surface area is 97.9 Å². The highest BCUT2D eigenvalue weighted by molar-refractivity contribution is 6.08. The summed E-state index contributed by atoms with van der Waals surface area (Å²) in [4.78, 5) is 14.1. The summed E-state index contributed by atoms with van der Waals surface area (Å²) >= 11 is 0. The molecule has 3 aromatic rings. The van der Waals surface area contributed by atoms with Gasteiger partial charge in [-0.3, -0.25) is 0 Å². The van der Waals surface area contributed by atoms with E-state index in [9.17, 15) is 13.2 Å². The van der Waals surface area contributed by atoms with E-state index in [1.807, 2.05) is 0 Å². The van der Waals surface area contributed by atoms with Crippen molar-refractivity contribution in [3.8, 4) is 0 Å². The second-order valence-electron chi connectivity index (χ2n) is 3.70. The zero-order valence-corrected chi connectivity index (χ0v) is 8.78. The van der Waals surface area contributed by atoms with Gasteiger partial charge in [-0.05, 0) is 12.1 Å². The lowest BCUT2D eigenvalue weighted by Crippen LogP contribution is -2.07. The number of halogens is 3. The zero-order valence-electron chi connectivity index (χ0n) is 8.78. The lowest BCUT2D eigenvalue weighted by molar-refractivity contribution is -0.140. The first kappa shape index (κ1) is 10.8. The van der Waals surface area contributed by atoms with Gasteiger partial charge < -0.3 is 10.7 Å². The number of nitrogen functional groups attached to an aromatic ring is 1. The van der Waals surface area contributed by atoms with Crippen LogP contribution in [0, 0.1) is 0 Å². The van der Waals surface area contributed by atoms with Gasteiger partial charge in [-0.15, -0.1) is 0 Å². The number of nitrogens with two attached hydrogens (primary N) is 1. The molecule has 0 spiro atoms. The minimum Gasteiger partial charge on any atom is -0.383 e. The molecule has 8 heteroatoms. The fourth-order valence-corrected chi connectivity index (χ4v) is 1.76. The number of aromatic nitrogens is 4. The van der Waals surface area contributed by atoms with E-state index >= 15 is 0 Å².